The molecule has 0 saturated carbocycles. The molecular weight excluding hydrogens is 284 g/mol. The van der Waals surface area contributed by atoms with Crippen molar-refractivity contribution < 1.29 is 8.78 Å². The summed E-state index contributed by atoms with van der Waals surface area (Å²) in [5.74, 6) is -1.29. The molecule has 0 saturated heterocycles. The fourth-order valence-electron chi connectivity index (χ4n) is 2.22. The lowest BCUT2D eigenvalue weighted by Gasteiger charge is -2.14. The fourth-order valence-corrected chi connectivity index (χ4v) is 2.59. The second-order valence-electron chi connectivity index (χ2n) is 4.63. The summed E-state index contributed by atoms with van der Waals surface area (Å²) in [4.78, 5) is 0. The average Bonchev–Trinajstić information content (AvgIpc) is 2.66. The molecule has 1 heterocycles. The normalized spacial score (nSPS) is 12.7. The van der Waals surface area contributed by atoms with Crippen molar-refractivity contribution in [2.45, 2.75) is 25.8 Å². The van der Waals surface area contributed by atoms with E-state index in [1.165, 1.54) is 18.2 Å². The molecular formula is C14H16ClF2N3. The van der Waals surface area contributed by atoms with E-state index in [9.17, 15) is 8.78 Å². The Kier molecular flexibility index (Phi) is 4.40. The van der Waals surface area contributed by atoms with Crippen molar-refractivity contribution in [3.8, 4) is 0 Å². The third-order valence-electron chi connectivity index (χ3n) is 3.29. The highest BCUT2D eigenvalue weighted by atomic mass is 35.5. The van der Waals surface area contributed by atoms with Gasteiger partial charge in [-0.15, -0.1) is 0 Å². The molecule has 2 rings (SSSR count). The van der Waals surface area contributed by atoms with Crippen molar-refractivity contribution in [2.24, 2.45) is 12.8 Å². The van der Waals surface area contributed by atoms with Crippen LogP contribution in [0.2, 0.25) is 5.02 Å². The Bertz CT molecular complexity index is 605. The monoisotopic (exact) mass is 299 g/mol. The molecule has 1 aromatic carbocycles. The molecule has 0 amide bonds. The molecule has 0 fully saturated rings. The van der Waals surface area contributed by atoms with Gasteiger partial charge < -0.3 is 5.73 Å². The Labute approximate surface area is 121 Å². The zero-order valence-corrected chi connectivity index (χ0v) is 12.1. The van der Waals surface area contributed by atoms with Gasteiger partial charge in [0.05, 0.1) is 16.4 Å². The molecule has 6 heteroatoms. The van der Waals surface area contributed by atoms with Crippen molar-refractivity contribution in [1.82, 2.24) is 9.78 Å². The number of benzene rings is 1. The standard InChI is InChI=1S/C14H16ClF2N3/c1-3-11-14(15)12(20(2)19-11)7-10(18)13-8(16)5-4-6-9(13)17/h4-6,10H,3,7,18H2,1-2H3. The van der Waals surface area contributed by atoms with Gasteiger partial charge in [-0.1, -0.05) is 24.6 Å². The number of hydrogen-bond donors (Lipinski definition) is 1. The van der Waals surface area contributed by atoms with Crippen LogP contribution >= 0.6 is 11.6 Å². The van der Waals surface area contributed by atoms with Gasteiger partial charge in [0.2, 0.25) is 0 Å². The minimum atomic E-state index is -0.811. The molecule has 0 radical (unpaired) electrons. The number of nitrogens with two attached hydrogens (primary N) is 1. The minimum absolute atomic E-state index is 0.122. The van der Waals surface area contributed by atoms with Crippen LogP contribution in [-0.2, 0) is 19.9 Å². The first-order chi connectivity index (χ1) is 9.45. The summed E-state index contributed by atoms with van der Waals surface area (Å²) in [6.07, 6.45) is 0.913. The Morgan fingerprint density at radius 2 is 1.95 bits per heavy atom. The van der Waals surface area contributed by atoms with E-state index in [4.69, 9.17) is 17.3 Å². The summed E-state index contributed by atoms with van der Waals surface area (Å²) in [6.45, 7) is 1.94. The van der Waals surface area contributed by atoms with Crippen LogP contribution in [0.15, 0.2) is 18.2 Å². The predicted octanol–water partition coefficient (Wildman–Crippen LogP) is 3.16. The first kappa shape index (κ1) is 14.9. The van der Waals surface area contributed by atoms with Gasteiger partial charge in [0.25, 0.3) is 0 Å². The Morgan fingerprint density at radius 3 is 2.45 bits per heavy atom. The Hall–Kier alpha value is -1.46. The summed E-state index contributed by atoms with van der Waals surface area (Å²) in [5.41, 5.74) is 7.25. The molecule has 0 spiro atoms. The topological polar surface area (TPSA) is 43.8 Å². The van der Waals surface area contributed by atoms with Gasteiger partial charge in [-0.3, -0.25) is 4.68 Å². The summed E-state index contributed by atoms with van der Waals surface area (Å²) in [5, 5.41) is 4.78. The molecule has 1 unspecified atom stereocenters. The van der Waals surface area contributed by atoms with E-state index in [0.717, 1.165) is 5.69 Å². The average molecular weight is 300 g/mol. The van der Waals surface area contributed by atoms with Crippen LogP contribution in [0.1, 0.15) is 29.9 Å². The molecule has 1 atom stereocenters. The Morgan fingerprint density at radius 1 is 1.35 bits per heavy atom. The van der Waals surface area contributed by atoms with Crippen molar-refractivity contribution in [3.05, 3.63) is 51.8 Å². The minimum Gasteiger partial charge on any atom is -0.323 e. The fraction of sp³-hybridized carbons (Fsp3) is 0.357. The second-order valence-corrected chi connectivity index (χ2v) is 5.01. The molecule has 0 aliphatic heterocycles. The van der Waals surface area contributed by atoms with Crippen LogP contribution in [0.4, 0.5) is 8.78 Å². The highest BCUT2D eigenvalue weighted by Gasteiger charge is 2.21. The highest BCUT2D eigenvalue weighted by Crippen LogP contribution is 2.27. The molecule has 2 N–H and O–H groups in total. The Balaban J connectivity index is 2.33. The number of aromatic nitrogens is 2. The second kappa shape index (κ2) is 5.89. The summed E-state index contributed by atoms with van der Waals surface area (Å²) < 4.78 is 29.0. The van der Waals surface area contributed by atoms with Gasteiger partial charge >= 0.3 is 0 Å². The van der Waals surface area contributed by atoms with Crippen molar-refractivity contribution in [1.29, 1.82) is 0 Å². The third kappa shape index (κ3) is 2.69. The van der Waals surface area contributed by atoms with E-state index in [2.05, 4.69) is 5.10 Å². The number of rotatable bonds is 4. The van der Waals surface area contributed by atoms with Gasteiger partial charge in [-0.25, -0.2) is 8.78 Å². The zero-order valence-electron chi connectivity index (χ0n) is 11.3. The zero-order chi connectivity index (χ0) is 14.9. The predicted molar refractivity (Wildman–Crippen MR) is 74.6 cm³/mol. The van der Waals surface area contributed by atoms with E-state index in [-0.39, 0.29) is 12.0 Å². The molecule has 1 aromatic heterocycles. The first-order valence-corrected chi connectivity index (χ1v) is 6.73. The quantitative estimate of drug-likeness (QED) is 0.942. The van der Waals surface area contributed by atoms with Gasteiger partial charge in [0.15, 0.2) is 0 Å². The van der Waals surface area contributed by atoms with Gasteiger partial charge in [-0.05, 0) is 18.6 Å². The van der Waals surface area contributed by atoms with Crippen LogP contribution in [0.25, 0.3) is 0 Å². The van der Waals surface area contributed by atoms with Crippen molar-refractivity contribution in [2.75, 3.05) is 0 Å². The van der Waals surface area contributed by atoms with Crippen molar-refractivity contribution >= 4 is 11.6 Å². The summed E-state index contributed by atoms with van der Waals surface area (Å²) >= 11 is 6.21. The maximum absolute atomic E-state index is 13.7. The smallest absolute Gasteiger partial charge is 0.130 e. The molecule has 0 bridgehead atoms. The lowest BCUT2D eigenvalue weighted by Crippen LogP contribution is -2.18. The van der Waals surface area contributed by atoms with E-state index >= 15 is 0 Å². The molecule has 0 aliphatic carbocycles. The molecule has 108 valence electrons. The molecule has 3 nitrogen and oxygen atoms in total. The number of aryl methyl sites for hydroxylation is 2. The molecule has 20 heavy (non-hydrogen) atoms. The van der Waals surface area contributed by atoms with E-state index in [1.807, 2.05) is 6.92 Å². The highest BCUT2D eigenvalue weighted by molar-refractivity contribution is 6.31. The maximum Gasteiger partial charge on any atom is 0.130 e. The van der Waals surface area contributed by atoms with Crippen LogP contribution < -0.4 is 5.73 Å². The van der Waals surface area contributed by atoms with Crippen LogP contribution in [0.5, 0.6) is 0 Å². The maximum atomic E-state index is 13.7. The molecule has 0 aliphatic rings. The van der Waals surface area contributed by atoms with Crippen LogP contribution in [0, 0.1) is 11.6 Å². The summed E-state index contributed by atoms with van der Waals surface area (Å²) in [6, 6.07) is 2.89. The van der Waals surface area contributed by atoms with Gasteiger partial charge in [0.1, 0.15) is 11.6 Å². The van der Waals surface area contributed by atoms with Gasteiger partial charge in [0, 0.05) is 25.1 Å². The van der Waals surface area contributed by atoms with E-state index < -0.39 is 17.7 Å². The SMILES string of the molecule is CCc1nn(C)c(CC(N)c2c(F)cccc2F)c1Cl. The number of hydrogen-bond acceptors (Lipinski definition) is 2. The molecule has 2 aromatic rings. The first-order valence-electron chi connectivity index (χ1n) is 6.35. The summed E-state index contributed by atoms with van der Waals surface area (Å²) in [7, 11) is 1.74. The number of halogens is 3. The lowest BCUT2D eigenvalue weighted by molar-refractivity contribution is 0.518. The van der Waals surface area contributed by atoms with Crippen LogP contribution in [-0.4, -0.2) is 9.78 Å². The largest absolute Gasteiger partial charge is 0.323 e. The number of nitrogens with zero attached hydrogens (tertiary/aromatic N) is 2. The van der Waals surface area contributed by atoms with Crippen molar-refractivity contribution in [3.63, 3.8) is 0 Å². The lowest BCUT2D eigenvalue weighted by atomic mass is 10.0. The van der Waals surface area contributed by atoms with E-state index in [0.29, 0.717) is 17.1 Å². The van der Waals surface area contributed by atoms with Crippen LogP contribution in [0.3, 0.4) is 0 Å². The van der Waals surface area contributed by atoms with E-state index in [1.54, 1.807) is 11.7 Å². The third-order valence-corrected chi connectivity index (χ3v) is 3.72. The van der Waals surface area contributed by atoms with Gasteiger partial charge in [-0.2, -0.15) is 5.10 Å².